The maximum Gasteiger partial charge on any atom is 0 e. The topological polar surface area (TPSA) is 0 Å². The van der Waals surface area contributed by atoms with Crippen molar-refractivity contribution in [2.45, 2.75) is 25.7 Å². The van der Waals surface area contributed by atoms with Crippen molar-refractivity contribution >= 4 is 30.2 Å². The second-order valence-corrected chi connectivity index (χ2v) is 10.9. The van der Waals surface area contributed by atoms with Gasteiger partial charge in [-0.15, -0.1) is 0 Å². The number of hydrogen-bond acceptors (Lipinski definition) is 0. The molecule has 3 rings (SSSR count). The normalized spacial score (nSPS) is 16.2. The van der Waals surface area contributed by atoms with E-state index < -0.39 is 19.5 Å². The Morgan fingerprint density at radius 2 is 0.692 bits per heavy atom. The summed E-state index contributed by atoms with van der Waals surface area (Å²) >= 11 is -11.2. The predicted molar refractivity (Wildman–Crippen MR) is 93.1 cm³/mol. The molecule has 0 aliphatic heterocycles. The summed E-state index contributed by atoms with van der Waals surface area (Å²) in [6, 6.07) is 16.7. The van der Waals surface area contributed by atoms with Gasteiger partial charge < -0.3 is 0 Å². The molecule has 149 valence electrons. The first-order chi connectivity index (χ1) is 11.4. The standard InChI is InChI=1S/C10H8.C8H12.6FH.Rh.Sb/c1-2-6-10-8-4-3-7-9(10)5-1;1-2-4-6-8-7-5-3-1;;;;;;;;/h1-8H;1-2,7-8H,3-6H2;6*1H;;/q;;;;;;;;;+5/p-6. The average Bonchev–Trinajstić information content (AvgIpc) is 2.44. The number of fused-ring (bicyclic) bond motifs is 1. The second kappa shape index (κ2) is 9.94. The Labute approximate surface area is 164 Å². The smallest absolute Gasteiger partial charge is 0 e. The molecule has 0 unspecified atom stereocenters. The van der Waals surface area contributed by atoms with E-state index >= 15 is 0 Å². The van der Waals surface area contributed by atoms with Crippen molar-refractivity contribution in [1.82, 2.24) is 0 Å². The van der Waals surface area contributed by atoms with Crippen molar-refractivity contribution in [3.05, 3.63) is 72.8 Å². The van der Waals surface area contributed by atoms with Crippen molar-refractivity contribution in [1.29, 1.82) is 0 Å². The molecule has 0 amide bonds. The molecule has 0 saturated carbocycles. The Morgan fingerprint density at radius 1 is 0.500 bits per heavy atom. The van der Waals surface area contributed by atoms with Gasteiger partial charge in [-0.1, -0.05) is 72.8 Å². The molecule has 2 aromatic carbocycles. The molecule has 8 heteroatoms. The van der Waals surface area contributed by atoms with Gasteiger partial charge in [-0.2, -0.15) is 0 Å². The van der Waals surface area contributed by atoms with Gasteiger partial charge in [0.1, 0.15) is 0 Å². The SMILES string of the molecule is C1=CCCC=CCC1.[F][Sb-]([F])([F])([F])([F])[F].[Rh].c1ccc2ccccc2c1. The Bertz CT molecular complexity index is 620. The zero-order valence-electron chi connectivity index (χ0n) is 13.8. The molecule has 0 saturated heterocycles. The number of halogens is 6. The summed E-state index contributed by atoms with van der Waals surface area (Å²) in [6.45, 7) is 0. The molecule has 0 nitrogen and oxygen atoms in total. The van der Waals surface area contributed by atoms with E-state index in [4.69, 9.17) is 0 Å². The fourth-order valence-electron chi connectivity index (χ4n) is 1.99. The molecule has 1 radical (unpaired) electrons. The fourth-order valence-corrected chi connectivity index (χ4v) is 1.99. The van der Waals surface area contributed by atoms with E-state index in [1.54, 1.807) is 0 Å². The molecule has 26 heavy (non-hydrogen) atoms. The van der Waals surface area contributed by atoms with Crippen LogP contribution in [-0.2, 0) is 19.5 Å². The minimum Gasteiger partial charge on any atom is -0.0616 e. The van der Waals surface area contributed by atoms with E-state index in [1.165, 1.54) is 36.5 Å². The number of benzene rings is 2. The molecular formula is C18H20F6RhSb-. The minimum absolute atomic E-state index is 0. The second-order valence-electron chi connectivity index (χ2n) is 5.40. The van der Waals surface area contributed by atoms with Gasteiger partial charge in [0, 0.05) is 19.5 Å². The summed E-state index contributed by atoms with van der Waals surface area (Å²) in [5, 5.41) is 2.62. The molecule has 0 aromatic heterocycles. The van der Waals surface area contributed by atoms with E-state index in [1.807, 2.05) is 0 Å². The van der Waals surface area contributed by atoms with Crippen LogP contribution < -0.4 is 0 Å². The Kier molecular flexibility index (Phi) is 9.64. The molecule has 0 atom stereocenters. The first kappa shape index (κ1) is 25.2. The molecule has 0 N–H and O–H groups in total. The third-order valence-corrected chi connectivity index (χ3v) is 2.99. The van der Waals surface area contributed by atoms with E-state index in [2.05, 4.69) is 72.8 Å². The molecule has 1 aliphatic carbocycles. The van der Waals surface area contributed by atoms with Crippen LogP contribution in [-0.4, -0.2) is 19.5 Å². The molecule has 2 aromatic rings. The molecule has 0 bridgehead atoms. The van der Waals surface area contributed by atoms with Crippen molar-refractivity contribution in [2.75, 3.05) is 0 Å². The van der Waals surface area contributed by atoms with Crippen LogP contribution in [0.3, 0.4) is 0 Å². The summed E-state index contributed by atoms with van der Waals surface area (Å²) in [6.07, 6.45) is 14.0. The molecule has 1 aliphatic rings. The van der Waals surface area contributed by atoms with Crippen LogP contribution in [0.5, 0.6) is 0 Å². The van der Waals surface area contributed by atoms with E-state index in [-0.39, 0.29) is 19.5 Å². The zero-order chi connectivity index (χ0) is 18.9. The third-order valence-electron chi connectivity index (χ3n) is 2.99. The van der Waals surface area contributed by atoms with Crippen LogP contribution in [0.1, 0.15) is 25.7 Å². The van der Waals surface area contributed by atoms with Crippen LogP contribution in [0.4, 0.5) is 16.9 Å². The van der Waals surface area contributed by atoms with Gasteiger partial charge in [-0.25, -0.2) is 0 Å². The monoisotopic (exact) mass is 574 g/mol. The quantitative estimate of drug-likeness (QED) is 0.172. The maximum absolute atomic E-state index is 11.2. The Balaban J connectivity index is 0.000000362. The van der Waals surface area contributed by atoms with Gasteiger partial charge in [0.15, 0.2) is 0 Å². The summed E-state index contributed by atoms with van der Waals surface area (Å²) in [4.78, 5) is 0. The van der Waals surface area contributed by atoms with E-state index in [0.29, 0.717) is 0 Å². The average molecular weight is 575 g/mol. The Morgan fingerprint density at radius 3 is 0.885 bits per heavy atom. The number of rotatable bonds is 0. The summed E-state index contributed by atoms with van der Waals surface area (Å²) in [5.41, 5.74) is 0. The molecule has 0 heterocycles. The van der Waals surface area contributed by atoms with Crippen LogP contribution >= 0.6 is 0 Å². The molecule has 0 fully saturated rings. The third kappa shape index (κ3) is 18.0. The number of allylic oxidation sites excluding steroid dienone is 4. The van der Waals surface area contributed by atoms with E-state index in [0.717, 1.165) is 0 Å². The van der Waals surface area contributed by atoms with Crippen LogP contribution in [0.25, 0.3) is 10.8 Å². The van der Waals surface area contributed by atoms with Crippen LogP contribution in [0.15, 0.2) is 72.8 Å². The predicted octanol–water partition coefficient (Wildman–Crippen LogP) is 7.65. The molecule has 0 spiro atoms. The van der Waals surface area contributed by atoms with Crippen molar-refractivity contribution in [2.24, 2.45) is 0 Å². The van der Waals surface area contributed by atoms with Crippen molar-refractivity contribution in [3.63, 3.8) is 0 Å². The molecular weight excluding hydrogens is 555 g/mol. The van der Waals surface area contributed by atoms with Gasteiger partial charge >= 0.3 is 36.4 Å². The van der Waals surface area contributed by atoms with Crippen LogP contribution in [0.2, 0.25) is 0 Å². The first-order valence-corrected chi connectivity index (χ1v) is 13.5. The Hall–Kier alpha value is -0.798. The van der Waals surface area contributed by atoms with Gasteiger partial charge in [0.25, 0.3) is 0 Å². The number of hydrogen-bond donors (Lipinski definition) is 0. The van der Waals surface area contributed by atoms with Gasteiger partial charge in [0.05, 0.1) is 0 Å². The van der Waals surface area contributed by atoms with Crippen molar-refractivity contribution < 1.29 is 36.4 Å². The van der Waals surface area contributed by atoms with Gasteiger partial charge in [-0.05, 0) is 36.5 Å². The zero-order valence-corrected chi connectivity index (χ0v) is 18.0. The first-order valence-electron chi connectivity index (χ1n) is 7.72. The maximum atomic E-state index is 9.93. The fraction of sp³-hybridized carbons (Fsp3) is 0.222. The summed E-state index contributed by atoms with van der Waals surface area (Å²) in [7, 11) is 0. The largest absolute Gasteiger partial charge is 0.0616 e. The summed E-state index contributed by atoms with van der Waals surface area (Å²) in [5.74, 6) is 0. The summed E-state index contributed by atoms with van der Waals surface area (Å²) < 4.78 is 59.6. The van der Waals surface area contributed by atoms with Crippen molar-refractivity contribution in [3.8, 4) is 0 Å². The minimum atomic E-state index is -11.2. The van der Waals surface area contributed by atoms with Gasteiger partial charge in [-0.3, -0.25) is 0 Å². The van der Waals surface area contributed by atoms with E-state index in [9.17, 15) is 16.9 Å². The van der Waals surface area contributed by atoms with Gasteiger partial charge in [0.2, 0.25) is 0 Å². The van der Waals surface area contributed by atoms with Crippen LogP contribution in [0, 0.1) is 0 Å².